The van der Waals surface area contributed by atoms with Gasteiger partial charge in [0.25, 0.3) is 0 Å². The summed E-state index contributed by atoms with van der Waals surface area (Å²) in [6.45, 7) is 7.30. The molecule has 2 heterocycles. The molecule has 0 saturated heterocycles. The molecule has 1 aliphatic carbocycles. The number of carboxylic acid groups (broad SMARTS) is 1. The number of anilines is 3. The fourth-order valence-electron chi connectivity index (χ4n) is 4.23. The van der Waals surface area contributed by atoms with Gasteiger partial charge in [-0.15, -0.1) is 0 Å². The molecular formula is C24H33ClN4O2. The second-order valence-electron chi connectivity index (χ2n) is 8.96. The summed E-state index contributed by atoms with van der Waals surface area (Å²) in [5, 5.41) is 13.2. The largest absolute Gasteiger partial charge is 0.481 e. The topological polar surface area (TPSA) is 78.4 Å². The molecule has 2 aromatic heterocycles. The molecule has 0 radical (unpaired) electrons. The van der Waals surface area contributed by atoms with Crippen molar-refractivity contribution in [3.63, 3.8) is 0 Å². The highest BCUT2D eigenvalue weighted by atomic mass is 35.5. The molecule has 1 aliphatic rings. The average Bonchev–Trinajstić information content (AvgIpc) is 2.74. The molecule has 0 aromatic carbocycles. The summed E-state index contributed by atoms with van der Waals surface area (Å²) in [5.74, 6) is 1.14. The van der Waals surface area contributed by atoms with Gasteiger partial charge < -0.3 is 15.3 Å². The van der Waals surface area contributed by atoms with E-state index >= 15 is 0 Å². The van der Waals surface area contributed by atoms with Crippen LogP contribution in [0.3, 0.4) is 0 Å². The Hall–Kier alpha value is -2.34. The minimum absolute atomic E-state index is 0.0675. The van der Waals surface area contributed by atoms with Crippen molar-refractivity contribution in [3.05, 3.63) is 41.2 Å². The number of aliphatic carboxylic acids is 1. The van der Waals surface area contributed by atoms with Crippen molar-refractivity contribution in [2.75, 3.05) is 16.8 Å². The first-order valence-electron chi connectivity index (χ1n) is 11.2. The van der Waals surface area contributed by atoms with Crippen LogP contribution in [0.25, 0.3) is 0 Å². The zero-order chi connectivity index (χ0) is 22.4. The number of pyridine rings is 2. The molecule has 0 amide bonds. The molecule has 168 valence electrons. The van der Waals surface area contributed by atoms with Gasteiger partial charge in [-0.3, -0.25) is 4.79 Å². The van der Waals surface area contributed by atoms with Gasteiger partial charge in [-0.1, -0.05) is 51.6 Å². The van der Waals surface area contributed by atoms with Gasteiger partial charge in [-0.2, -0.15) is 0 Å². The maximum atomic E-state index is 11.2. The first-order chi connectivity index (χ1) is 14.8. The zero-order valence-electron chi connectivity index (χ0n) is 18.6. The summed E-state index contributed by atoms with van der Waals surface area (Å²) in [7, 11) is 0. The highest BCUT2D eigenvalue weighted by Gasteiger charge is 2.26. The standard InChI is InChI=1S/C24H33ClN4O2/c1-16(2)15-29(20-7-5-4-6-8-20)24-21(28-22-10-9-19(25)14-26-22)12-18(13-27-24)17(3)11-23(30)31/h9-10,12-14,16-17,20H,4-8,11,15H2,1-3H3,(H,26,28)(H,30,31). The van der Waals surface area contributed by atoms with Crippen LogP contribution in [-0.2, 0) is 4.79 Å². The number of carboxylic acids is 1. The third-order valence-corrected chi connectivity index (χ3v) is 6.00. The third kappa shape index (κ3) is 6.57. The van der Waals surface area contributed by atoms with E-state index in [1.165, 1.54) is 32.1 Å². The molecule has 0 aliphatic heterocycles. The molecule has 1 atom stereocenters. The Morgan fingerprint density at radius 2 is 1.94 bits per heavy atom. The van der Waals surface area contributed by atoms with Gasteiger partial charge in [-0.05, 0) is 48.4 Å². The van der Waals surface area contributed by atoms with E-state index in [0.717, 1.165) is 23.6 Å². The molecule has 1 saturated carbocycles. The summed E-state index contributed by atoms with van der Waals surface area (Å²) in [6.07, 6.45) is 9.64. The lowest BCUT2D eigenvalue weighted by atomic mass is 9.93. The molecular weight excluding hydrogens is 412 g/mol. The van der Waals surface area contributed by atoms with Gasteiger partial charge in [0.05, 0.1) is 17.1 Å². The van der Waals surface area contributed by atoms with Gasteiger partial charge in [0.1, 0.15) is 5.82 Å². The summed E-state index contributed by atoms with van der Waals surface area (Å²) in [5.41, 5.74) is 1.76. The van der Waals surface area contributed by atoms with Gasteiger partial charge in [0, 0.05) is 25.0 Å². The molecule has 0 bridgehead atoms. The van der Waals surface area contributed by atoms with Gasteiger partial charge in [0.15, 0.2) is 5.82 Å². The van der Waals surface area contributed by atoms with E-state index in [2.05, 4.69) is 29.0 Å². The summed E-state index contributed by atoms with van der Waals surface area (Å²) < 4.78 is 0. The lowest BCUT2D eigenvalue weighted by molar-refractivity contribution is -0.137. The number of hydrogen-bond donors (Lipinski definition) is 2. The summed E-state index contributed by atoms with van der Waals surface area (Å²) in [6, 6.07) is 6.13. The van der Waals surface area contributed by atoms with E-state index in [0.29, 0.717) is 22.8 Å². The van der Waals surface area contributed by atoms with E-state index in [1.807, 2.05) is 25.3 Å². The highest BCUT2D eigenvalue weighted by Crippen LogP contribution is 2.35. The molecule has 31 heavy (non-hydrogen) atoms. The Bertz CT molecular complexity index is 866. The van der Waals surface area contributed by atoms with Crippen LogP contribution in [0.1, 0.15) is 70.8 Å². The smallest absolute Gasteiger partial charge is 0.303 e. The third-order valence-electron chi connectivity index (χ3n) is 5.78. The van der Waals surface area contributed by atoms with Crippen LogP contribution in [0.15, 0.2) is 30.6 Å². The van der Waals surface area contributed by atoms with Crippen molar-refractivity contribution in [2.24, 2.45) is 5.92 Å². The second kappa shape index (κ2) is 10.8. The lowest BCUT2D eigenvalue weighted by Crippen LogP contribution is -2.40. The minimum atomic E-state index is -0.811. The fourth-order valence-corrected chi connectivity index (χ4v) is 4.34. The number of nitrogens with zero attached hydrogens (tertiary/aromatic N) is 3. The Labute approximate surface area is 190 Å². The Kier molecular flexibility index (Phi) is 8.13. The molecule has 2 aromatic rings. The lowest BCUT2D eigenvalue weighted by Gasteiger charge is -2.37. The van der Waals surface area contributed by atoms with Crippen LogP contribution in [0.5, 0.6) is 0 Å². The maximum Gasteiger partial charge on any atom is 0.303 e. The van der Waals surface area contributed by atoms with Crippen LogP contribution in [0.4, 0.5) is 17.3 Å². The van der Waals surface area contributed by atoms with Crippen molar-refractivity contribution in [1.29, 1.82) is 0 Å². The molecule has 1 fully saturated rings. The molecule has 0 spiro atoms. The molecule has 3 rings (SSSR count). The van der Waals surface area contributed by atoms with Gasteiger partial charge in [-0.25, -0.2) is 9.97 Å². The Balaban J connectivity index is 2.00. The normalized spacial score (nSPS) is 15.6. The van der Waals surface area contributed by atoms with E-state index < -0.39 is 5.97 Å². The van der Waals surface area contributed by atoms with Gasteiger partial charge in [0.2, 0.25) is 0 Å². The Morgan fingerprint density at radius 3 is 2.55 bits per heavy atom. The summed E-state index contributed by atoms with van der Waals surface area (Å²) in [4.78, 5) is 22.9. The number of rotatable bonds is 9. The SMILES string of the molecule is CC(C)CN(c1ncc(C(C)CC(=O)O)cc1Nc1ccc(Cl)cn1)C1CCCCC1. The molecule has 7 heteroatoms. The predicted molar refractivity (Wildman–Crippen MR) is 126 cm³/mol. The number of carbonyl (C=O) groups is 1. The second-order valence-corrected chi connectivity index (χ2v) is 9.40. The zero-order valence-corrected chi connectivity index (χ0v) is 19.4. The number of aromatic nitrogens is 2. The first kappa shape index (κ1) is 23.3. The van der Waals surface area contributed by atoms with Crippen molar-refractivity contribution in [1.82, 2.24) is 9.97 Å². The van der Waals surface area contributed by atoms with Crippen LogP contribution in [-0.4, -0.2) is 33.6 Å². The average molecular weight is 445 g/mol. The molecule has 2 N–H and O–H groups in total. The van der Waals surface area contributed by atoms with Crippen LogP contribution in [0, 0.1) is 5.92 Å². The van der Waals surface area contributed by atoms with Crippen LogP contribution < -0.4 is 10.2 Å². The fraction of sp³-hybridized carbons (Fsp3) is 0.542. The van der Waals surface area contributed by atoms with Gasteiger partial charge >= 0.3 is 5.97 Å². The van der Waals surface area contributed by atoms with E-state index in [4.69, 9.17) is 16.6 Å². The number of nitrogens with one attached hydrogen (secondary N) is 1. The van der Waals surface area contributed by atoms with Crippen molar-refractivity contribution >= 4 is 34.9 Å². The van der Waals surface area contributed by atoms with Crippen molar-refractivity contribution in [2.45, 2.75) is 71.3 Å². The van der Waals surface area contributed by atoms with E-state index in [9.17, 15) is 9.90 Å². The quantitative estimate of drug-likeness (QED) is 0.476. The maximum absolute atomic E-state index is 11.2. The highest BCUT2D eigenvalue weighted by molar-refractivity contribution is 6.30. The van der Waals surface area contributed by atoms with E-state index in [1.54, 1.807) is 12.3 Å². The minimum Gasteiger partial charge on any atom is -0.481 e. The van der Waals surface area contributed by atoms with Crippen LogP contribution in [0.2, 0.25) is 5.02 Å². The van der Waals surface area contributed by atoms with Crippen molar-refractivity contribution in [3.8, 4) is 0 Å². The predicted octanol–water partition coefficient (Wildman–Crippen LogP) is 6.25. The van der Waals surface area contributed by atoms with Crippen molar-refractivity contribution < 1.29 is 9.90 Å². The number of halogens is 1. The Morgan fingerprint density at radius 1 is 1.19 bits per heavy atom. The molecule has 1 unspecified atom stereocenters. The summed E-state index contributed by atoms with van der Waals surface area (Å²) >= 11 is 6.00. The monoisotopic (exact) mass is 444 g/mol. The van der Waals surface area contributed by atoms with E-state index in [-0.39, 0.29) is 12.3 Å². The number of hydrogen-bond acceptors (Lipinski definition) is 5. The molecule has 6 nitrogen and oxygen atoms in total. The first-order valence-corrected chi connectivity index (χ1v) is 11.6. The van der Waals surface area contributed by atoms with Crippen LogP contribution >= 0.6 is 11.6 Å².